The molecular weight excluding hydrogens is 302 g/mol. The van der Waals surface area contributed by atoms with Gasteiger partial charge in [0, 0.05) is 25.2 Å². The van der Waals surface area contributed by atoms with E-state index in [0.717, 1.165) is 30.1 Å². The van der Waals surface area contributed by atoms with Gasteiger partial charge in [0.05, 0.1) is 5.69 Å². The van der Waals surface area contributed by atoms with E-state index < -0.39 is 0 Å². The molecule has 0 saturated heterocycles. The zero-order valence-corrected chi connectivity index (χ0v) is 13.2. The highest BCUT2D eigenvalue weighted by molar-refractivity contribution is 9.10. The van der Waals surface area contributed by atoms with Gasteiger partial charge in [-0.1, -0.05) is 12.1 Å². The van der Waals surface area contributed by atoms with Crippen LogP contribution in [0, 0.1) is 13.8 Å². The Kier molecular flexibility index (Phi) is 3.23. The quantitative estimate of drug-likeness (QED) is 0.803. The van der Waals surface area contributed by atoms with Gasteiger partial charge in [-0.2, -0.15) is 0 Å². The van der Waals surface area contributed by atoms with Crippen molar-refractivity contribution < 1.29 is 0 Å². The Balaban J connectivity index is 2.11. The number of likely N-dealkylation sites (N-methyl/N-ethyl adjacent to an activating group) is 1. The summed E-state index contributed by atoms with van der Waals surface area (Å²) in [4.78, 5) is 7.05. The van der Waals surface area contributed by atoms with Crippen molar-refractivity contribution in [2.75, 3.05) is 13.6 Å². The summed E-state index contributed by atoms with van der Waals surface area (Å²) in [5, 5.41) is 0. The first-order chi connectivity index (χ1) is 9.06. The molecule has 1 aromatic carbocycles. The molecule has 0 bridgehead atoms. The first kappa shape index (κ1) is 12.9. The number of nitrogens with zero attached hydrogens (tertiary/aromatic N) is 3. The van der Waals surface area contributed by atoms with E-state index in [1.807, 2.05) is 0 Å². The van der Waals surface area contributed by atoms with Crippen LogP contribution in [-0.2, 0) is 13.1 Å². The Hall–Kier alpha value is -1.13. The molecule has 3 rings (SSSR count). The number of rotatable bonds is 1. The number of aromatic nitrogens is 2. The average molecular weight is 320 g/mol. The molecule has 0 fully saturated rings. The number of hydrogen-bond donors (Lipinski definition) is 0. The van der Waals surface area contributed by atoms with Crippen LogP contribution in [0.25, 0.3) is 11.4 Å². The minimum Gasteiger partial charge on any atom is -0.325 e. The topological polar surface area (TPSA) is 21.1 Å². The predicted molar refractivity (Wildman–Crippen MR) is 81.2 cm³/mol. The van der Waals surface area contributed by atoms with Gasteiger partial charge in [-0.05, 0) is 54.0 Å². The van der Waals surface area contributed by atoms with Crippen LogP contribution in [-0.4, -0.2) is 28.0 Å². The summed E-state index contributed by atoms with van der Waals surface area (Å²) in [6.07, 6.45) is 0. The molecule has 19 heavy (non-hydrogen) atoms. The van der Waals surface area contributed by atoms with Crippen molar-refractivity contribution in [3.63, 3.8) is 0 Å². The Morgan fingerprint density at radius 3 is 2.68 bits per heavy atom. The molecule has 1 aliphatic rings. The van der Waals surface area contributed by atoms with Crippen LogP contribution < -0.4 is 0 Å². The molecule has 4 heteroatoms. The summed E-state index contributed by atoms with van der Waals surface area (Å²) in [7, 11) is 2.15. The lowest BCUT2D eigenvalue weighted by Gasteiger charge is -2.25. The molecule has 0 amide bonds. The largest absolute Gasteiger partial charge is 0.325 e. The third kappa shape index (κ3) is 2.23. The molecule has 0 atom stereocenters. The van der Waals surface area contributed by atoms with Gasteiger partial charge in [0.2, 0.25) is 0 Å². The van der Waals surface area contributed by atoms with Crippen LogP contribution in [0.5, 0.6) is 0 Å². The van der Waals surface area contributed by atoms with Crippen LogP contribution in [0.15, 0.2) is 22.8 Å². The third-order valence-electron chi connectivity index (χ3n) is 3.91. The lowest BCUT2D eigenvalue weighted by Crippen LogP contribution is -2.30. The van der Waals surface area contributed by atoms with Crippen LogP contribution in [0.3, 0.4) is 0 Å². The highest BCUT2D eigenvalue weighted by atomic mass is 79.9. The van der Waals surface area contributed by atoms with Crippen molar-refractivity contribution in [2.24, 2.45) is 0 Å². The highest BCUT2D eigenvalue weighted by Crippen LogP contribution is 2.29. The summed E-state index contributed by atoms with van der Waals surface area (Å²) in [5.41, 5.74) is 5.13. The van der Waals surface area contributed by atoms with E-state index in [1.165, 1.54) is 22.4 Å². The van der Waals surface area contributed by atoms with Gasteiger partial charge in [0.25, 0.3) is 0 Å². The molecule has 0 N–H and O–H groups in total. The zero-order valence-electron chi connectivity index (χ0n) is 11.6. The summed E-state index contributed by atoms with van der Waals surface area (Å²) in [5.74, 6) is 1.08. The maximum Gasteiger partial charge on any atom is 0.141 e. The van der Waals surface area contributed by atoms with Gasteiger partial charge >= 0.3 is 0 Å². The van der Waals surface area contributed by atoms with Gasteiger partial charge in [-0.3, -0.25) is 4.90 Å². The lowest BCUT2D eigenvalue weighted by atomic mass is 10.1. The van der Waals surface area contributed by atoms with Gasteiger partial charge in [-0.15, -0.1) is 0 Å². The maximum atomic E-state index is 4.72. The minimum atomic E-state index is 0.957. The molecule has 2 aromatic rings. The second-order valence-corrected chi connectivity index (χ2v) is 6.11. The molecule has 0 spiro atoms. The number of fused-ring (bicyclic) bond motifs is 1. The lowest BCUT2D eigenvalue weighted by molar-refractivity contribution is 0.270. The van der Waals surface area contributed by atoms with Crippen molar-refractivity contribution in [3.8, 4) is 11.4 Å². The fourth-order valence-electron chi connectivity index (χ4n) is 2.55. The smallest absolute Gasteiger partial charge is 0.141 e. The second-order valence-electron chi connectivity index (χ2n) is 5.36. The number of hydrogen-bond acceptors (Lipinski definition) is 2. The summed E-state index contributed by atoms with van der Waals surface area (Å²) < 4.78 is 3.32. The molecule has 2 heterocycles. The Labute approximate surface area is 122 Å². The number of imidazole rings is 1. The van der Waals surface area contributed by atoms with Crippen molar-refractivity contribution >= 4 is 15.9 Å². The van der Waals surface area contributed by atoms with Gasteiger partial charge in [0.1, 0.15) is 10.4 Å². The van der Waals surface area contributed by atoms with E-state index in [4.69, 9.17) is 4.98 Å². The molecule has 0 unspecified atom stereocenters. The van der Waals surface area contributed by atoms with Crippen molar-refractivity contribution in [1.29, 1.82) is 0 Å². The van der Waals surface area contributed by atoms with E-state index in [9.17, 15) is 0 Å². The van der Waals surface area contributed by atoms with Crippen molar-refractivity contribution in [1.82, 2.24) is 14.5 Å². The normalized spacial score (nSPS) is 15.6. The predicted octanol–water partition coefficient (Wildman–Crippen LogP) is 3.37. The molecule has 0 saturated carbocycles. The fourth-order valence-corrected chi connectivity index (χ4v) is 3.06. The molecular formula is C15H18BrN3. The fraction of sp³-hybridized carbons (Fsp3) is 0.400. The van der Waals surface area contributed by atoms with E-state index in [-0.39, 0.29) is 0 Å². The molecule has 1 aromatic heterocycles. The molecule has 1 aliphatic heterocycles. The minimum absolute atomic E-state index is 0.957. The Bertz CT molecular complexity index is 631. The third-order valence-corrected chi connectivity index (χ3v) is 4.55. The monoisotopic (exact) mass is 319 g/mol. The van der Waals surface area contributed by atoms with E-state index in [0.29, 0.717) is 0 Å². The zero-order chi connectivity index (χ0) is 13.6. The standard InChI is InChI=1S/C15H18BrN3/c1-10-4-5-12(8-11(10)2)15-17-14(16)13-9-18(3)6-7-19(13)15/h4-5,8H,6-7,9H2,1-3H3. The summed E-state index contributed by atoms with van der Waals surface area (Å²) in [6, 6.07) is 6.58. The van der Waals surface area contributed by atoms with E-state index >= 15 is 0 Å². The second kappa shape index (κ2) is 4.76. The molecule has 0 aliphatic carbocycles. The van der Waals surface area contributed by atoms with Gasteiger partial charge < -0.3 is 4.57 Å². The molecule has 3 nitrogen and oxygen atoms in total. The van der Waals surface area contributed by atoms with Crippen LogP contribution in [0.1, 0.15) is 16.8 Å². The molecule has 100 valence electrons. The Morgan fingerprint density at radius 1 is 1.16 bits per heavy atom. The SMILES string of the molecule is Cc1ccc(-c2nc(Br)c3n2CCN(C)C3)cc1C. The van der Waals surface area contributed by atoms with Gasteiger partial charge in [-0.25, -0.2) is 4.98 Å². The molecule has 0 radical (unpaired) electrons. The Morgan fingerprint density at radius 2 is 1.95 bits per heavy atom. The van der Waals surface area contributed by atoms with Crippen LogP contribution >= 0.6 is 15.9 Å². The van der Waals surface area contributed by atoms with Crippen LogP contribution in [0.4, 0.5) is 0 Å². The van der Waals surface area contributed by atoms with Crippen molar-refractivity contribution in [2.45, 2.75) is 26.9 Å². The van der Waals surface area contributed by atoms with Crippen molar-refractivity contribution in [3.05, 3.63) is 39.6 Å². The maximum absolute atomic E-state index is 4.72. The first-order valence-electron chi connectivity index (χ1n) is 6.57. The van der Waals surface area contributed by atoms with E-state index in [2.05, 4.69) is 64.5 Å². The van der Waals surface area contributed by atoms with Gasteiger partial charge in [0.15, 0.2) is 0 Å². The number of aryl methyl sites for hydroxylation is 2. The highest BCUT2D eigenvalue weighted by Gasteiger charge is 2.21. The van der Waals surface area contributed by atoms with E-state index in [1.54, 1.807) is 0 Å². The number of halogens is 1. The number of benzene rings is 1. The summed E-state index contributed by atoms with van der Waals surface area (Å²) in [6.45, 7) is 7.34. The summed E-state index contributed by atoms with van der Waals surface area (Å²) >= 11 is 3.60. The average Bonchev–Trinajstić information content (AvgIpc) is 2.70. The van der Waals surface area contributed by atoms with Crippen LogP contribution in [0.2, 0.25) is 0 Å². The first-order valence-corrected chi connectivity index (χ1v) is 7.36.